The van der Waals surface area contributed by atoms with Gasteiger partial charge < -0.3 is 20.3 Å². The van der Waals surface area contributed by atoms with Crippen molar-refractivity contribution in [1.82, 2.24) is 15.6 Å². The fourth-order valence-electron chi connectivity index (χ4n) is 3.38. The summed E-state index contributed by atoms with van der Waals surface area (Å²) >= 11 is 0. The molecule has 0 saturated carbocycles. The first-order chi connectivity index (χ1) is 14.2. The molecule has 1 saturated heterocycles. The lowest BCUT2D eigenvalue weighted by molar-refractivity contribution is 0.122. The summed E-state index contributed by atoms with van der Waals surface area (Å²) in [6.45, 7) is 11.9. The fourth-order valence-corrected chi connectivity index (χ4v) is 3.38. The summed E-state index contributed by atoms with van der Waals surface area (Å²) in [7, 11) is 0. The first kappa shape index (κ1) is 21.1. The van der Waals surface area contributed by atoms with E-state index in [1.807, 2.05) is 12.3 Å². The Morgan fingerprint density at radius 2 is 1.93 bits per heavy atom. The Bertz CT molecular complexity index is 784. The van der Waals surface area contributed by atoms with Crippen LogP contribution in [-0.4, -0.2) is 50.3 Å². The Balaban J connectivity index is 1.64. The number of rotatable bonds is 7. The normalized spacial score (nSPS) is 15.8. The zero-order valence-electron chi connectivity index (χ0n) is 17.8. The molecule has 6 nitrogen and oxygen atoms in total. The van der Waals surface area contributed by atoms with E-state index in [0.717, 1.165) is 56.7 Å². The number of pyridine rings is 1. The number of benzene rings is 1. The van der Waals surface area contributed by atoms with Crippen molar-refractivity contribution in [3.8, 4) is 0 Å². The average molecular weight is 396 g/mol. The monoisotopic (exact) mass is 395 g/mol. The van der Waals surface area contributed by atoms with Gasteiger partial charge in [-0.1, -0.05) is 42.8 Å². The minimum atomic E-state index is 0.404. The van der Waals surface area contributed by atoms with Gasteiger partial charge >= 0.3 is 0 Å². The molecule has 1 aromatic carbocycles. The second-order valence-corrected chi connectivity index (χ2v) is 7.47. The Labute approximate surface area is 174 Å². The number of guanidine groups is 1. The van der Waals surface area contributed by atoms with Crippen LogP contribution in [0.3, 0.4) is 0 Å². The smallest absolute Gasteiger partial charge is 0.191 e. The van der Waals surface area contributed by atoms with Crippen molar-refractivity contribution in [1.29, 1.82) is 0 Å². The number of ether oxygens (including phenoxy) is 1. The Kier molecular flexibility index (Phi) is 7.87. The van der Waals surface area contributed by atoms with Crippen molar-refractivity contribution in [2.45, 2.75) is 33.2 Å². The number of nitrogens with zero attached hydrogens (tertiary/aromatic N) is 3. The molecule has 0 radical (unpaired) electrons. The van der Waals surface area contributed by atoms with Gasteiger partial charge in [0.05, 0.1) is 19.8 Å². The van der Waals surface area contributed by atoms with Crippen molar-refractivity contribution in [2.75, 3.05) is 44.3 Å². The Morgan fingerprint density at radius 3 is 2.66 bits per heavy atom. The molecule has 29 heavy (non-hydrogen) atoms. The highest BCUT2D eigenvalue weighted by molar-refractivity contribution is 5.79. The highest BCUT2D eigenvalue weighted by Gasteiger charge is 2.15. The summed E-state index contributed by atoms with van der Waals surface area (Å²) in [5.41, 5.74) is 3.76. The number of aromatic nitrogens is 1. The van der Waals surface area contributed by atoms with Crippen molar-refractivity contribution in [3.63, 3.8) is 0 Å². The van der Waals surface area contributed by atoms with Gasteiger partial charge in [0.2, 0.25) is 0 Å². The van der Waals surface area contributed by atoms with Crippen molar-refractivity contribution in [3.05, 3.63) is 59.3 Å². The first-order valence-electron chi connectivity index (χ1n) is 10.5. The zero-order valence-corrected chi connectivity index (χ0v) is 17.8. The van der Waals surface area contributed by atoms with Crippen LogP contribution < -0.4 is 15.5 Å². The summed E-state index contributed by atoms with van der Waals surface area (Å²) in [6.07, 6.45) is 1.85. The highest BCUT2D eigenvalue weighted by atomic mass is 16.5. The molecule has 6 heteroatoms. The number of hydrogen-bond acceptors (Lipinski definition) is 4. The Morgan fingerprint density at radius 1 is 1.17 bits per heavy atom. The Hall–Kier alpha value is -2.60. The van der Waals surface area contributed by atoms with Gasteiger partial charge in [0, 0.05) is 37.9 Å². The van der Waals surface area contributed by atoms with E-state index in [9.17, 15) is 0 Å². The topological polar surface area (TPSA) is 61.8 Å². The predicted octanol–water partition coefficient (Wildman–Crippen LogP) is 3.09. The summed E-state index contributed by atoms with van der Waals surface area (Å²) in [4.78, 5) is 11.7. The molecule has 1 fully saturated rings. The lowest BCUT2D eigenvalue weighted by Crippen LogP contribution is -2.39. The second-order valence-electron chi connectivity index (χ2n) is 7.47. The largest absolute Gasteiger partial charge is 0.378 e. The van der Waals surface area contributed by atoms with Gasteiger partial charge in [0.1, 0.15) is 5.82 Å². The van der Waals surface area contributed by atoms with Gasteiger partial charge in [-0.25, -0.2) is 9.98 Å². The molecule has 1 aliphatic rings. The number of morpholine rings is 1. The molecule has 156 valence electrons. The minimum absolute atomic E-state index is 0.404. The third-order valence-corrected chi connectivity index (χ3v) is 5.15. The molecule has 2 aromatic rings. The van der Waals surface area contributed by atoms with E-state index in [-0.39, 0.29) is 0 Å². The number of nitrogens with one attached hydrogen (secondary N) is 2. The number of hydrogen-bond donors (Lipinski definition) is 2. The number of aliphatic imine (C=N–C) groups is 1. The molecule has 0 bridgehead atoms. The van der Waals surface area contributed by atoms with E-state index in [1.54, 1.807) is 0 Å². The fraction of sp³-hybridized carbons (Fsp3) is 0.478. The molecule has 1 aliphatic heterocycles. The van der Waals surface area contributed by atoms with Crippen LogP contribution in [0, 0.1) is 6.92 Å². The summed E-state index contributed by atoms with van der Waals surface area (Å²) in [5.74, 6) is 2.26. The van der Waals surface area contributed by atoms with Crippen molar-refractivity contribution < 1.29 is 4.74 Å². The molecular weight excluding hydrogens is 362 g/mol. The SMILES string of the molecule is CCNC(=NCc1cccnc1N1CCOCC1)NCC(C)c1ccc(C)cc1. The van der Waals surface area contributed by atoms with Crippen molar-refractivity contribution in [2.24, 2.45) is 4.99 Å². The van der Waals surface area contributed by atoms with Crippen LogP contribution >= 0.6 is 0 Å². The van der Waals surface area contributed by atoms with Crippen LogP contribution in [0.15, 0.2) is 47.6 Å². The van der Waals surface area contributed by atoms with Crippen molar-refractivity contribution >= 4 is 11.8 Å². The van der Waals surface area contributed by atoms with Crippen LogP contribution in [0.4, 0.5) is 5.82 Å². The molecule has 0 aliphatic carbocycles. The minimum Gasteiger partial charge on any atom is -0.378 e. The average Bonchev–Trinajstić information content (AvgIpc) is 2.77. The lowest BCUT2D eigenvalue weighted by atomic mass is 10.0. The van der Waals surface area contributed by atoms with E-state index >= 15 is 0 Å². The summed E-state index contributed by atoms with van der Waals surface area (Å²) in [5, 5.41) is 6.84. The summed E-state index contributed by atoms with van der Waals surface area (Å²) in [6, 6.07) is 12.8. The van der Waals surface area contributed by atoms with Gasteiger partial charge in [0.25, 0.3) is 0 Å². The predicted molar refractivity (Wildman–Crippen MR) is 120 cm³/mol. The van der Waals surface area contributed by atoms with Gasteiger partial charge in [-0.15, -0.1) is 0 Å². The molecule has 3 rings (SSSR count). The van der Waals surface area contributed by atoms with Crippen LogP contribution in [0.2, 0.25) is 0 Å². The van der Waals surface area contributed by atoms with E-state index in [0.29, 0.717) is 12.5 Å². The molecule has 2 heterocycles. The second kappa shape index (κ2) is 10.8. The van der Waals surface area contributed by atoms with Gasteiger partial charge in [0.15, 0.2) is 5.96 Å². The first-order valence-corrected chi connectivity index (χ1v) is 10.5. The number of aryl methyl sites for hydroxylation is 1. The molecule has 0 amide bonds. The third-order valence-electron chi connectivity index (χ3n) is 5.15. The maximum absolute atomic E-state index is 5.47. The number of anilines is 1. The van der Waals surface area contributed by atoms with Crippen LogP contribution in [0.1, 0.15) is 36.5 Å². The molecular formula is C23H33N5O. The zero-order chi connectivity index (χ0) is 20.5. The van der Waals surface area contributed by atoms with E-state index < -0.39 is 0 Å². The quantitative estimate of drug-likeness (QED) is 0.557. The standard InChI is InChI=1S/C23H33N5O/c1-4-24-23(26-16-19(3)20-9-7-18(2)8-10-20)27-17-21-6-5-11-25-22(21)28-12-14-29-15-13-28/h5-11,19H,4,12-17H2,1-3H3,(H2,24,26,27). The van der Waals surface area contributed by atoms with E-state index in [1.165, 1.54) is 11.1 Å². The van der Waals surface area contributed by atoms with E-state index in [2.05, 4.69) is 71.6 Å². The van der Waals surface area contributed by atoms with Crippen LogP contribution in [0.5, 0.6) is 0 Å². The van der Waals surface area contributed by atoms with Gasteiger partial charge in [-0.05, 0) is 31.4 Å². The maximum atomic E-state index is 5.47. The molecule has 0 spiro atoms. The van der Waals surface area contributed by atoms with Crippen LogP contribution in [0.25, 0.3) is 0 Å². The molecule has 2 N–H and O–H groups in total. The lowest BCUT2D eigenvalue weighted by Gasteiger charge is -2.29. The summed E-state index contributed by atoms with van der Waals surface area (Å²) < 4.78 is 5.47. The molecule has 1 aromatic heterocycles. The maximum Gasteiger partial charge on any atom is 0.191 e. The van der Waals surface area contributed by atoms with Gasteiger partial charge in [-0.2, -0.15) is 0 Å². The highest BCUT2D eigenvalue weighted by Crippen LogP contribution is 2.19. The molecule has 1 atom stereocenters. The van der Waals surface area contributed by atoms with Crippen LogP contribution in [-0.2, 0) is 11.3 Å². The van der Waals surface area contributed by atoms with E-state index in [4.69, 9.17) is 9.73 Å². The van der Waals surface area contributed by atoms with Gasteiger partial charge in [-0.3, -0.25) is 0 Å². The third kappa shape index (κ3) is 6.19. The molecule has 1 unspecified atom stereocenters.